The fourth-order valence-electron chi connectivity index (χ4n) is 1.63. The van der Waals surface area contributed by atoms with Crippen LogP contribution in [0.1, 0.15) is 11.5 Å². The van der Waals surface area contributed by atoms with Crippen LogP contribution in [0.3, 0.4) is 0 Å². The average Bonchev–Trinajstić information content (AvgIpc) is 2.57. The number of halogens is 2. The largest absolute Gasteiger partial charge is 0.394 e. The summed E-state index contributed by atoms with van der Waals surface area (Å²) in [5.41, 5.74) is 6.06. The molecule has 1 aromatic carbocycles. The van der Waals surface area contributed by atoms with Crippen molar-refractivity contribution in [3.05, 3.63) is 35.2 Å². The number of benzene rings is 1. The Labute approximate surface area is 90.9 Å². The maximum Gasteiger partial charge on any atom is 0.157 e. The molecule has 84 valence electrons. The van der Waals surface area contributed by atoms with Gasteiger partial charge >= 0.3 is 0 Å². The SMILES string of the molecule is Cc1noc(C)c1-c1ccc(F)c(N)c1F. The Hall–Kier alpha value is -1.91. The second-order valence-electron chi connectivity index (χ2n) is 3.52. The zero-order valence-electron chi connectivity index (χ0n) is 8.84. The molecule has 0 aliphatic heterocycles. The molecule has 0 saturated carbocycles. The second-order valence-corrected chi connectivity index (χ2v) is 3.52. The monoisotopic (exact) mass is 224 g/mol. The van der Waals surface area contributed by atoms with E-state index < -0.39 is 17.3 Å². The minimum absolute atomic E-state index is 0.204. The number of rotatable bonds is 1. The van der Waals surface area contributed by atoms with Gasteiger partial charge in [0.25, 0.3) is 0 Å². The van der Waals surface area contributed by atoms with Crippen LogP contribution in [-0.2, 0) is 0 Å². The van der Waals surface area contributed by atoms with Crippen LogP contribution >= 0.6 is 0 Å². The molecule has 0 unspecified atom stereocenters. The van der Waals surface area contributed by atoms with Gasteiger partial charge in [-0.2, -0.15) is 0 Å². The Morgan fingerprint density at radius 3 is 2.50 bits per heavy atom. The highest BCUT2D eigenvalue weighted by atomic mass is 19.1. The van der Waals surface area contributed by atoms with E-state index in [2.05, 4.69) is 5.16 Å². The van der Waals surface area contributed by atoms with E-state index in [0.29, 0.717) is 17.0 Å². The number of aryl methyl sites for hydroxylation is 2. The molecular weight excluding hydrogens is 214 g/mol. The van der Waals surface area contributed by atoms with Crippen molar-refractivity contribution >= 4 is 5.69 Å². The summed E-state index contributed by atoms with van der Waals surface area (Å²) in [5, 5.41) is 3.71. The van der Waals surface area contributed by atoms with Crippen LogP contribution in [0.4, 0.5) is 14.5 Å². The van der Waals surface area contributed by atoms with Crippen molar-refractivity contribution in [2.75, 3.05) is 5.73 Å². The van der Waals surface area contributed by atoms with Crippen LogP contribution < -0.4 is 5.73 Å². The maximum absolute atomic E-state index is 13.8. The van der Waals surface area contributed by atoms with Crippen LogP contribution in [0.2, 0.25) is 0 Å². The summed E-state index contributed by atoms with van der Waals surface area (Å²) >= 11 is 0. The molecule has 0 aliphatic rings. The molecule has 0 bridgehead atoms. The van der Waals surface area contributed by atoms with Crippen LogP contribution in [0, 0.1) is 25.5 Å². The molecular formula is C11H10F2N2O. The van der Waals surface area contributed by atoms with Gasteiger partial charge in [0.05, 0.1) is 11.3 Å². The Morgan fingerprint density at radius 1 is 1.25 bits per heavy atom. The quantitative estimate of drug-likeness (QED) is 0.758. The third kappa shape index (κ3) is 1.44. The maximum atomic E-state index is 13.8. The van der Waals surface area contributed by atoms with Gasteiger partial charge in [0.15, 0.2) is 5.82 Å². The summed E-state index contributed by atoms with van der Waals surface area (Å²) in [5.74, 6) is -1.08. The standard InChI is InChI=1S/C11H10F2N2O/c1-5-9(6(2)16-15-5)7-3-4-8(12)11(14)10(7)13/h3-4H,14H2,1-2H3. The molecule has 0 saturated heterocycles. The molecule has 0 atom stereocenters. The molecule has 1 heterocycles. The zero-order chi connectivity index (χ0) is 11.9. The molecule has 1 aromatic heterocycles. The summed E-state index contributed by atoms with van der Waals surface area (Å²) in [6.07, 6.45) is 0. The van der Waals surface area contributed by atoms with Gasteiger partial charge in [0.2, 0.25) is 0 Å². The molecule has 0 spiro atoms. The molecule has 2 rings (SSSR count). The van der Waals surface area contributed by atoms with Crippen molar-refractivity contribution in [3.63, 3.8) is 0 Å². The Balaban J connectivity index is 2.71. The highest BCUT2D eigenvalue weighted by Gasteiger charge is 2.18. The number of hydrogen-bond donors (Lipinski definition) is 1. The molecule has 0 amide bonds. The van der Waals surface area contributed by atoms with Gasteiger partial charge in [-0.25, -0.2) is 8.78 Å². The van der Waals surface area contributed by atoms with E-state index in [-0.39, 0.29) is 5.56 Å². The van der Waals surface area contributed by atoms with Crippen molar-refractivity contribution in [1.82, 2.24) is 5.16 Å². The number of nitrogens with two attached hydrogens (primary N) is 1. The van der Waals surface area contributed by atoms with Gasteiger partial charge in [-0.3, -0.25) is 0 Å². The molecule has 0 radical (unpaired) electrons. The van der Waals surface area contributed by atoms with Crippen LogP contribution in [0.15, 0.2) is 16.7 Å². The normalized spacial score (nSPS) is 10.8. The average molecular weight is 224 g/mol. The third-order valence-corrected chi connectivity index (χ3v) is 2.43. The molecule has 16 heavy (non-hydrogen) atoms. The van der Waals surface area contributed by atoms with Crippen LogP contribution in [0.5, 0.6) is 0 Å². The summed E-state index contributed by atoms with van der Waals surface area (Å²) in [7, 11) is 0. The minimum Gasteiger partial charge on any atom is -0.394 e. The Kier molecular flexibility index (Phi) is 2.38. The highest BCUT2D eigenvalue weighted by molar-refractivity contribution is 5.71. The zero-order valence-corrected chi connectivity index (χ0v) is 8.84. The van der Waals surface area contributed by atoms with Crippen LogP contribution in [-0.4, -0.2) is 5.16 Å². The van der Waals surface area contributed by atoms with Gasteiger partial charge in [0, 0.05) is 5.56 Å². The Morgan fingerprint density at radius 2 is 1.94 bits per heavy atom. The predicted octanol–water partition coefficient (Wildman–Crippen LogP) is 2.82. The van der Waals surface area contributed by atoms with Crippen molar-refractivity contribution in [3.8, 4) is 11.1 Å². The highest BCUT2D eigenvalue weighted by Crippen LogP contribution is 2.32. The van der Waals surface area contributed by atoms with E-state index in [1.807, 2.05) is 0 Å². The number of aromatic nitrogens is 1. The lowest BCUT2D eigenvalue weighted by Crippen LogP contribution is -1.98. The molecule has 0 aliphatic carbocycles. The van der Waals surface area contributed by atoms with Crippen molar-refractivity contribution < 1.29 is 13.3 Å². The lowest BCUT2D eigenvalue weighted by atomic mass is 10.0. The van der Waals surface area contributed by atoms with E-state index in [9.17, 15) is 8.78 Å². The summed E-state index contributed by atoms with van der Waals surface area (Å²) < 4.78 is 31.7. The third-order valence-electron chi connectivity index (χ3n) is 2.43. The first-order chi connectivity index (χ1) is 7.52. The first kappa shape index (κ1) is 10.6. The summed E-state index contributed by atoms with van der Waals surface area (Å²) in [6, 6.07) is 2.45. The fraction of sp³-hybridized carbons (Fsp3) is 0.182. The van der Waals surface area contributed by atoms with Gasteiger partial charge < -0.3 is 10.3 Å². The first-order valence-corrected chi connectivity index (χ1v) is 4.69. The van der Waals surface area contributed by atoms with Crippen molar-refractivity contribution in [1.29, 1.82) is 0 Å². The molecule has 2 N–H and O–H groups in total. The van der Waals surface area contributed by atoms with E-state index >= 15 is 0 Å². The van der Waals surface area contributed by atoms with Gasteiger partial charge in [-0.05, 0) is 26.0 Å². The van der Waals surface area contributed by atoms with E-state index in [4.69, 9.17) is 10.3 Å². The minimum atomic E-state index is -0.783. The Bertz CT molecular complexity index is 530. The molecule has 3 nitrogen and oxygen atoms in total. The summed E-state index contributed by atoms with van der Waals surface area (Å²) in [4.78, 5) is 0. The van der Waals surface area contributed by atoms with Crippen molar-refractivity contribution in [2.45, 2.75) is 13.8 Å². The smallest absolute Gasteiger partial charge is 0.157 e. The van der Waals surface area contributed by atoms with Crippen LogP contribution in [0.25, 0.3) is 11.1 Å². The number of nitrogen functional groups attached to an aromatic ring is 1. The number of hydrogen-bond acceptors (Lipinski definition) is 3. The van der Waals surface area contributed by atoms with Gasteiger partial charge in [-0.1, -0.05) is 5.16 Å². The second kappa shape index (κ2) is 3.59. The lowest BCUT2D eigenvalue weighted by Gasteiger charge is -2.05. The fourth-order valence-corrected chi connectivity index (χ4v) is 1.63. The molecule has 0 fully saturated rings. The van der Waals surface area contributed by atoms with E-state index in [1.165, 1.54) is 6.07 Å². The van der Waals surface area contributed by atoms with Gasteiger partial charge in [-0.15, -0.1) is 0 Å². The number of nitrogens with zero attached hydrogens (tertiary/aromatic N) is 1. The van der Waals surface area contributed by atoms with Gasteiger partial charge in [0.1, 0.15) is 17.3 Å². The summed E-state index contributed by atoms with van der Waals surface area (Å²) in [6.45, 7) is 3.35. The predicted molar refractivity (Wildman–Crippen MR) is 55.7 cm³/mol. The van der Waals surface area contributed by atoms with Crippen molar-refractivity contribution in [2.24, 2.45) is 0 Å². The molecule has 5 heteroatoms. The first-order valence-electron chi connectivity index (χ1n) is 4.69. The topological polar surface area (TPSA) is 52.0 Å². The number of anilines is 1. The lowest BCUT2D eigenvalue weighted by molar-refractivity contribution is 0.393. The van der Waals surface area contributed by atoms with E-state index in [1.54, 1.807) is 13.8 Å². The van der Waals surface area contributed by atoms with E-state index in [0.717, 1.165) is 6.07 Å². The molecule has 2 aromatic rings.